The van der Waals surface area contributed by atoms with Crippen LogP contribution >= 0.6 is 15.9 Å². The van der Waals surface area contributed by atoms with Gasteiger partial charge < -0.3 is 15.0 Å². The van der Waals surface area contributed by atoms with E-state index in [1.807, 2.05) is 7.05 Å². The van der Waals surface area contributed by atoms with Crippen LogP contribution in [0.4, 0.5) is 5.69 Å². The van der Waals surface area contributed by atoms with Gasteiger partial charge in [0.1, 0.15) is 0 Å². The first-order valence-electron chi connectivity index (χ1n) is 7.04. The van der Waals surface area contributed by atoms with Gasteiger partial charge in [-0.3, -0.25) is 0 Å². The molecule has 1 heterocycles. The Balaban J connectivity index is 2.16. The van der Waals surface area contributed by atoms with E-state index >= 15 is 0 Å². The average molecular weight is 327 g/mol. The number of nitrogens with zero attached hydrogens (tertiary/aromatic N) is 1. The summed E-state index contributed by atoms with van der Waals surface area (Å²) in [6, 6.07) is 6.52. The van der Waals surface area contributed by atoms with Crippen LogP contribution in [0.5, 0.6) is 0 Å². The molecule has 0 spiro atoms. The highest BCUT2D eigenvalue weighted by atomic mass is 79.9. The Labute approximate surface area is 124 Å². The molecule has 3 nitrogen and oxygen atoms in total. The molecule has 1 aliphatic heterocycles. The zero-order valence-corrected chi connectivity index (χ0v) is 13.4. The van der Waals surface area contributed by atoms with Crippen molar-refractivity contribution in [1.82, 2.24) is 5.32 Å². The molecule has 0 aromatic heterocycles. The fourth-order valence-corrected chi connectivity index (χ4v) is 3.04. The van der Waals surface area contributed by atoms with Crippen molar-refractivity contribution in [3.05, 3.63) is 28.2 Å². The topological polar surface area (TPSA) is 24.5 Å². The van der Waals surface area contributed by atoms with Crippen LogP contribution in [0.1, 0.15) is 25.3 Å². The maximum absolute atomic E-state index is 5.76. The van der Waals surface area contributed by atoms with Crippen LogP contribution in [-0.2, 0) is 11.3 Å². The lowest BCUT2D eigenvalue weighted by Crippen LogP contribution is -2.33. The molecule has 106 valence electrons. The minimum absolute atomic E-state index is 0.394. The van der Waals surface area contributed by atoms with E-state index in [2.05, 4.69) is 51.3 Å². The normalized spacial score (nSPS) is 18.8. The molecule has 1 N–H and O–H groups in total. The molecule has 0 radical (unpaired) electrons. The molecular formula is C15H23BrN2O. The second kappa shape index (κ2) is 7.27. The lowest BCUT2D eigenvalue weighted by Gasteiger charge is -2.28. The first kappa shape index (κ1) is 14.8. The molecule has 19 heavy (non-hydrogen) atoms. The fourth-order valence-electron chi connectivity index (χ4n) is 2.63. The highest BCUT2D eigenvalue weighted by Crippen LogP contribution is 2.26. The third-order valence-electron chi connectivity index (χ3n) is 3.58. The van der Waals surface area contributed by atoms with Crippen LogP contribution in [0.2, 0.25) is 0 Å². The van der Waals surface area contributed by atoms with Crippen molar-refractivity contribution >= 4 is 21.6 Å². The lowest BCUT2D eigenvalue weighted by molar-refractivity contribution is 0.115. The summed E-state index contributed by atoms with van der Waals surface area (Å²) in [6.07, 6.45) is 2.78. The summed E-state index contributed by atoms with van der Waals surface area (Å²) in [5.41, 5.74) is 2.65. The van der Waals surface area contributed by atoms with Crippen LogP contribution in [0.15, 0.2) is 22.7 Å². The van der Waals surface area contributed by atoms with Gasteiger partial charge in [-0.05, 0) is 50.6 Å². The van der Waals surface area contributed by atoms with Crippen molar-refractivity contribution in [3.8, 4) is 0 Å². The van der Waals surface area contributed by atoms with Crippen molar-refractivity contribution in [3.63, 3.8) is 0 Å². The Kier molecular flexibility index (Phi) is 5.67. The molecule has 0 saturated carbocycles. The Morgan fingerprint density at radius 2 is 2.32 bits per heavy atom. The third kappa shape index (κ3) is 3.94. The lowest BCUT2D eigenvalue weighted by atomic mass is 10.1. The summed E-state index contributed by atoms with van der Waals surface area (Å²) < 4.78 is 6.90. The Bertz CT molecular complexity index is 405. The summed E-state index contributed by atoms with van der Waals surface area (Å²) in [4.78, 5) is 2.43. The molecule has 1 saturated heterocycles. The van der Waals surface area contributed by atoms with E-state index < -0.39 is 0 Å². The maximum Gasteiger partial charge on any atom is 0.0750 e. The van der Waals surface area contributed by atoms with Gasteiger partial charge in [-0.15, -0.1) is 0 Å². The van der Waals surface area contributed by atoms with Crippen LogP contribution in [-0.4, -0.2) is 32.8 Å². The quantitative estimate of drug-likeness (QED) is 0.869. The van der Waals surface area contributed by atoms with Gasteiger partial charge in [0.05, 0.1) is 6.10 Å². The predicted molar refractivity (Wildman–Crippen MR) is 83.8 cm³/mol. The molecule has 0 amide bonds. The van der Waals surface area contributed by atoms with Gasteiger partial charge >= 0.3 is 0 Å². The molecule has 1 aliphatic rings. The summed E-state index contributed by atoms with van der Waals surface area (Å²) in [7, 11) is 1.99. The van der Waals surface area contributed by atoms with Gasteiger partial charge in [-0.2, -0.15) is 0 Å². The molecule has 1 aromatic carbocycles. The van der Waals surface area contributed by atoms with Gasteiger partial charge in [0, 0.05) is 36.4 Å². The molecule has 0 bridgehead atoms. The number of benzene rings is 1. The number of halogens is 1. The number of rotatable bonds is 6. The van der Waals surface area contributed by atoms with E-state index in [0.717, 1.165) is 30.7 Å². The van der Waals surface area contributed by atoms with E-state index in [0.29, 0.717) is 6.10 Å². The van der Waals surface area contributed by atoms with Crippen molar-refractivity contribution in [1.29, 1.82) is 0 Å². The van der Waals surface area contributed by atoms with E-state index in [9.17, 15) is 0 Å². The highest BCUT2D eigenvalue weighted by molar-refractivity contribution is 9.10. The first-order valence-corrected chi connectivity index (χ1v) is 7.83. The molecule has 4 heteroatoms. The molecule has 2 rings (SSSR count). The van der Waals surface area contributed by atoms with Crippen molar-refractivity contribution in [2.45, 2.75) is 32.4 Å². The molecule has 0 aliphatic carbocycles. The van der Waals surface area contributed by atoms with Crippen molar-refractivity contribution in [2.75, 3.05) is 31.6 Å². The maximum atomic E-state index is 5.76. The molecule has 1 unspecified atom stereocenters. The Morgan fingerprint density at radius 3 is 2.95 bits per heavy atom. The second-order valence-corrected chi connectivity index (χ2v) is 5.89. The monoisotopic (exact) mass is 326 g/mol. The van der Waals surface area contributed by atoms with Gasteiger partial charge in [0.2, 0.25) is 0 Å². The minimum atomic E-state index is 0.394. The van der Waals surface area contributed by atoms with E-state index in [-0.39, 0.29) is 0 Å². The van der Waals surface area contributed by atoms with Crippen LogP contribution in [0, 0.1) is 0 Å². The van der Waals surface area contributed by atoms with E-state index in [4.69, 9.17) is 4.74 Å². The van der Waals surface area contributed by atoms with Crippen molar-refractivity contribution < 1.29 is 4.74 Å². The molecule has 1 fully saturated rings. The zero-order valence-electron chi connectivity index (χ0n) is 11.8. The van der Waals surface area contributed by atoms with Gasteiger partial charge in [0.15, 0.2) is 0 Å². The summed E-state index contributed by atoms with van der Waals surface area (Å²) in [5.74, 6) is 0. The highest BCUT2D eigenvalue weighted by Gasteiger charge is 2.20. The standard InChI is InChI=1S/C15H23BrN2O/c1-3-18(11-14-5-4-8-19-14)15-7-6-13(16)9-12(15)10-17-2/h6-7,9,14,17H,3-5,8,10-11H2,1-2H3. The van der Waals surface area contributed by atoms with E-state index in [1.54, 1.807) is 0 Å². The van der Waals surface area contributed by atoms with Gasteiger partial charge in [-0.1, -0.05) is 15.9 Å². The second-order valence-electron chi connectivity index (χ2n) is 4.98. The predicted octanol–water partition coefficient (Wildman–Crippen LogP) is 3.17. The Hall–Kier alpha value is -0.580. The van der Waals surface area contributed by atoms with E-state index in [1.165, 1.54) is 24.1 Å². The number of ether oxygens (including phenoxy) is 1. The van der Waals surface area contributed by atoms with Crippen LogP contribution < -0.4 is 10.2 Å². The number of anilines is 1. The van der Waals surface area contributed by atoms with Gasteiger partial charge in [0.25, 0.3) is 0 Å². The molecule has 1 aromatic rings. The van der Waals surface area contributed by atoms with Gasteiger partial charge in [-0.25, -0.2) is 0 Å². The Morgan fingerprint density at radius 1 is 1.47 bits per heavy atom. The first-order chi connectivity index (χ1) is 9.24. The smallest absolute Gasteiger partial charge is 0.0750 e. The summed E-state index contributed by atoms with van der Waals surface area (Å²) in [5, 5.41) is 3.25. The SMILES string of the molecule is CCN(CC1CCCO1)c1ccc(Br)cc1CNC. The fraction of sp³-hybridized carbons (Fsp3) is 0.600. The number of hydrogen-bond acceptors (Lipinski definition) is 3. The average Bonchev–Trinajstić information content (AvgIpc) is 2.90. The summed E-state index contributed by atoms with van der Waals surface area (Å²) in [6.45, 7) is 6.02. The van der Waals surface area contributed by atoms with Crippen LogP contribution in [0.25, 0.3) is 0 Å². The molecule has 1 atom stereocenters. The third-order valence-corrected chi connectivity index (χ3v) is 4.07. The zero-order chi connectivity index (χ0) is 13.7. The van der Waals surface area contributed by atoms with Crippen LogP contribution in [0.3, 0.4) is 0 Å². The van der Waals surface area contributed by atoms with Crippen molar-refractivity contribution in [2.24, 2.45) is 0 Å². The number of likely N-dealkylation sites (N-methyl/N-ethyl adjacent to an activating group) is 1. The summed E-state index contributed by atoms with van der Waals surface area (Å²) >= 11 is 3.55. The number of hydrogen-bond donors (Lipinski definition) is 1. The minimum Gasteiger partial charge on any atom is -0.376 e. The number of nitrogens with one attached hydrogen (secondary N) is 1. The largest absolute Gasteiger partial charge is 0.376 e. The molecular weight excluding hydrogens is 304 g/mol.